The lowest BCUT2D eigenvalue weighted by Crippen LogP contribution is -2.40. The molecule has 2 aliphatic rings. The molecule has 138 valence electrons. The van der Waals surface area contributed by atoms with E-state index in [4.69, 9.17) is 4.74 Å². The fourth-order valence-electron chi connectivity index (χ4n) is 3.64. The average molecular weight is 345 g/mol. The van der Waals surface area contributed by atoms with Gasteiger partial charge in [-0.25, -0.2) is 0 Å². The summed E-state index contributed by atoms with van der Waals surface area (Å²) in [7, 11) is 0. The number of hydrogen-bond acceptors (Lipinski definition) is 4. The van der Waals surface area contributed by atoms with Gasteiger partial charge in [-0.1, -0.05) is 11.6 Å². The van der Waals surface area contributed by atoms with Crippen LogP contribution in [0.25, 0.3) is 0 Å². The van der Waals surface area contributed by atoms with Crippen molar-refractivity contribution in [3.8, 4) is 0 Å². The average Bonchev–Trinajstić information content (AvgIpc) is 3.15. The molecule has 5 nitrogen and oxygen atoms in total. The highest BCUT2D eigenvalue weighted by Gasteiger charge is 2.21. The van der Waals surface area contributed by atoms with Gasteiger partial charge in [0.05, 0.1) is 18.8 Å². The van der Waals surface area contributed by atoms with Gasteiger partial charge in [0, 0.05) is 44.5 Å². The Morgan fingerprint density at radius 3 is 2.64 bits per heavy atom. The molecule has 0 aromatic heterocycles. The molecule has 1 aromatic rings. The number of hydrogen-bond donors (Lipinski definition) is 1. The fourth-order valence-corrected chi connectivity index (χ4v) is 3.64. The van der Waals surface area contributed by atoms with Crippen LogP contribution in [-0.2, 0) is 4.74 Å². The first kappa shape index (κ1) is 18.2. The van der Waals surface area contributed by atoms with Crippen molar-refractivity contribution in [2.45, 2.75) is 39.2 Å². The first-order valence-electron chi connectivity index (χ1n) is 9.60. The van der Waals surface area contributed by atoms with Crippen LogP contribution in [0.1, 0.15) is 42.1 Å². The van der Waals surface area contributed by atoms with Gasteiger partial charge >= 0.3 is 0 Å². The Morgan fingerprint density at radius 2 is 1.92 bits per heavy atom. The van der Waals surface area contributed by atoms with E-state index in [1.807, 2.05) is 13.0 Å². The highest BCUT2D eigenvalue weighted by Crippen LogP contribution is 2.25. The molecular formula is C20H31N3O2. The zero-order valence-electron chi connectivity index (χ0n) is 15.6. The highest BCUT2D eigenvalue weighted by molar-refractivity contribution is 6.00. The number of morpholine rings is 1. The van der Waals surface area contributed by atoms with Crippen molar-refractivity contribution in [3.63, 3.8) is 0 Å². The number of ether oxygens (including phenoxy) is 1. The minimum atomic E-state index is 0.0556. The van der Waals surface area contributed by atoms with Crippen molar-refractivity contribution in [1.29, 1.82) is 0 Å². The van der Waals surface area contributed by atoms with E-state index < -0.39 is 0 Å². The monoisotopic (exact) mass is 345 g/mol. The SMILES string of the molecule is Cc1ccc(N2CCCC2)c(C(=O)N[C@@H](C)CCN2CCOCC2)c1. The first-order valence-corrected chi connectivity index (χ1v) is 9.60. The number of aryl methyl sites for hydroxylation is 1. The van der Waals surface area contributed by atoms with Gasteiger partial charge in [0.25, 0.3) is 5.91 Å². The molecular weight excluding hydrogens is 314 g/mol. The summed E-state index contributed by atoms with van der Waals surface area (Å²) in [5.41, 5.74) is 3.04. The number of anilines is 1. The van der Waals surface area contributed by atoms with E-state index in [1.54, 1.807) is 0 Å². The van der Waals surface area contributed by atoms with Crippen molar-refractivity contribution in [2.24, 2.45) is 0 Å². The topological polar surface area (TPSA) is 44.8 Å². The molecule has 25 heavy (non-hydrogen) atoms. The maximum absolute atomic E-state index is 12.9. The summed E-state index contributed by atoms with van der Waals surface area (Å²) >= 11 is 0. The lowest BCUT2D eigenvalue weighted by atomic mass is 10.1. The van der Waals surface area contributed by atoms with Crippen LogP contribution in [0.2, 0.25) is 0 Å². The Bertz CT molecular complexity index is 578. The maximum Gasteiger partial charge on any atom is 0.253 e. The zero-order valence-corrected chi connectivity index (χ0v) is 15.6. The number of carbonyl (C=O) groups excluding carboxylic acids is 1. The fraction of sp³-hybridized carbons (Fsp3) is 0.650. The maximum atomic E-state index is 12.9. The molecule has 1 aromatic carbocycles. The Balaban J connectivity index is 1.59. The Kier molecular flexibility index (Phi) is 6.32. The molecule has 1 amide bonds. The molecule has 0 unspecified atom stereocenters. The summed E-state index contributed by atoms with van der Waals surface area (Å²) in [6.07, 6.45) is 3.40. The van der Waals surface area contributed by atoms with Gasteiger partial charge in [0.1, 0.15) is 0 Å². The number of nitrogens with one attached hydrogen (secondary N) is 1. The second kappa shape index (κ2) is 8.68. The Labute approximate surface area is 151 Å². The normalized spacial score (nSPS) is 19.8. The smallest absolute Gasteiger partial charge is 0.253 e. The molecule has 2 saturated heterocycles. The summed E-state index contributed by atoms with van der Waals surface area (Å²) < 4.78 is 5.39. The molecule has 0 aliphatic carbocycles. The van der Waals surface area contributed by atoms with Gasteiger partial charge in [-0.2, -0.15) is 0 Å². The predicted octanol–water partition coefficient (Wildman–Crippen LogP) is 2.44. The number of carbonyl (C=O) groups is 1. The summed E-state index contributed by atoms with van der Waals surface area (Å²) in [6.45, 7) is 10.9. The third kappa shape index (κ3) is 4.95. The van der Waals surface area contributed by atoms with Crippen LogP contribution in [0.4, 0.5) is 5.69 Å². The van der Waals surface area contributed by atoms with Crippen molar-refractivity contribution >= 4 is 11.6 Å². The van der Waals surface area contributed by atoms with Gasteiger partial charge in [-0.05, 0) is 45.2 Å². The van der Waals surface area contributed by atoms with E-state index in [9.17, 15) is 4.79 Å². The molecule has 0 spiro atoms. The van der Waals surface area contributed by atoms with Crippen LogP contribution in [0.5, 0.6) is 0 Å². The van der Waals surface area contributed by atoms with Crippen molar-refractivity contribution in [3.05, 3.63) is 29.3 Å². The number of nitrogens with zero attached hydrogens (tertiary/aromatic N) is 2. The lowest BCUT2D eigenvalue weighted by molar-refractivity contribution is 0.0363. The second-order valence-electron chi connectivity index (χ2n) is 7.33. The summed E-state index contributed by atoms with van der Waals surface area (Å²) in [4.78, 5) is 17.6. The van der Waals surface area contributed by atoms with E-state index in [2.05, 4.69) is 34.2 Å². The minimum Gasteiger partial charge on any atom is -0.379 e. The molecule has 0 radical (unpaired) electrons. The molecule has 2 aliphatic heterocycles. The molecule has 3 rings (SSSR count). The summed E-state index contributed by atoms with van der Waals surface area (Å²) in [6, 6.07) is 6.40. The van der Waals surface area contributed by atoms with Crippen LogP contribution >= 0.6 is 0 Å². The highest BCUT2D eigenvalue weighted by atomic mass is 16.5. The number of rotatable bonds is 6. The minimum absolute atomic E-state index is 0.0556. The third-order valence-corrected chi connectivity index (χ3v) is 5.20. The lowest BCUT2D eigenvalue weighted by Gasteiger charge is -2.28. The first-order chi connectivity index (χ1) is 12.1. The van der Waals surface area contributed by atoms with Gasteiger partial charge in [0.15, 0.2) is 0 Å². The molecule has 5 heteroatoms. The van der Waals surface area contributed by atoms with Crippen LogP contribution in [0.3, 0.4) is 0 Å². The zero-order chi connectivity index (χ0) is 17.6. The van der Waals surface area contributed by atoms with Crippen LogP contribution < -0.4 is 10.2 Å². The Hall–Kier alpha value is -1.59. The molecule has 2 fully saturated rings. The molecule has 1 N–H and O–H groups in total. The Morgan fingerprint density at radius 1 is 1.20 bits per heavy atom. The van der Waals surface area contributed by atoms with E-state index in [-0.39, 0.29) is 11.9 Å². The molecule has 1 atom stereocenters. The molecule has 0 saturated carbocycles. The van der Waals surface area contributed by atoms with Gasteiger partial charge < -0.3 is 15.0 Å². The quantitative estimate of drug-likeness (QED) is 0.860. The number of amides is 1. The van der Waals surface area contributed by atoms with E-state index >= 15 is 0 Å². The van der Waals surface area contributed by atoms with Gasteiger partial charge in [-0.3, -0.25) is 9.69 Å². The predicted molar refractivity (Wildman–Crippen MR) is 101 cm³/mol. The van der Waals surface area contributed by atoms with Crippen LogP contribution in [-0.4, -0.2) is 62.8 Å². The molecule has 2 heterocycles. The van der Waals surface area contributed by atoms with E-state index in [0.717, 1.165) is 69.2 Å². The van der Waals surface area contributed by atoms with Crippen LogP contribution in [0, 0.1) is 6.92 Å². The van der Waals surface area contributed by atoms with Crippen molar-refractivity contribution in [2.75, 3.05) is 50.8 Å². The number of benzene rings is 1. The molecule has 0 bridgehead atoms. The second-order valence-corrected chi connectivity index (χ2v) is 7.33. The van der Waals surface area contributed by atoms with E-state index in [0.29, 0.717) is 0 Å². The largest absolute Gasteiger partial charge is 0.379 e. The standard InChI is InChI=1S/C20H31N3O2/c1-16-5-6-19(23-8-3-4-9-23)18(15-16)20(24)21-17(2)7-10-22-11-13-25-14-12-22/h5-6,15,17H,3-4,7-14H2,1-2H3,(H,21,24)/t17-/m0/s1. The van der Waals surface area contributed by atoms with Crippen LogP contribution in [0.15, 0.2) is 18.2 Å². The summed E-state index contributed by atoms with van der Waals surface area (Å²) in [5.74, 6) is 0.0556. The summed E-state index contributed by atoms with van der Waals surface area (Å²) in [5, 5.41) is 3.20. The van der Waals surface area contributed by atoms with Gasteiger partial charge in [0.2, 0.25) is 0 Å². The van der Waals surface area contributed by atoms with Crippen molar-refractivity contribution in [1.82, 2.24) is 10.2 Å². The van der Waals surface area contributed by atoms with Gasteiger partial charge in [-0.15, -0.1) is 0 Å². The third-order valence-electron chi connectivity index (χ3n) is 5.20. The van der Waals surface area contributed by atoms with E-state index in [1.165, 1.54) is 12.8 Å². The van der Waals surface area contributed by atoms with Crippen molar-refractivity contribution < 1.29 is 9.53 Å².